The third-order valence-electron chi connectivity index (χ3n) is 3.67. The van der Waals surface area contributed by atoms with E-state index in [2.05, 4.69) is 5.32 Å². The van der Waals surface area contributed by atoms with E-state index < -0.39 is 11.7 Å². The van der Waals surface area contributed by atoms with Gasteiger partial charge in [-0.25, -0.2) is 0 Å². The van der Waals surface area contributed by atoms with Crippen molar-refractivity contribution in [1.29, 1.82) is 0 Å². The van der Waals surface area contributed by atoms with E-state index in [1.807, 2.05) is 19.9 Å². The first-order valence-electron chi connectivity index (χ1n) is 6.50. The fourth-order valence-electron chi connectivity index (χ4n) is 2.33. The summed E-state index contributed by atoms with van der Waals surface area (Å²) in [6.45, 7) is 3.93. The molecule has 0 aliphatic heterocycles. The molecule has 96 valence electrons. The topological polar surface area (TPSA) is 46.2 Å². The quantitative estimate of drug-likeness (QED) is 0.657. The van der Waals surface area contributed by atoms with Crippen molar-refractivity contribution < 1.29 is 9.59 Å². The van der Waals surface area contributed by atoms with Crippen LogP contribution in [0.4, 0.5) is 0 Å². The smallest absolute Gasteiger partial charge is 0.292 e. The largest absolute Gasteiger partial charge is 0.346 e. The number of Topliss-reactive ketones (excluding diaryl/α,β-unsaturated/α-hetero) is 1. The summed E-state index contributed by atoms with van der Waals surface area (Å²) in [5, 5.41) is 2.82. The SMILES string of the molecule is Cc1ccc(C(=O)C(=O)NC2CCCC2)cc1C. The number of benzene rings is 1. The molecule has 0 radical (unpaired) electrons. The standard InChI is InChI=1S/C15H19NO2/c1-10-7-8-12(9-11(10)2)14(17)15(18)16-13-5-3-4-6-13/h7-9,13H,3-6H2,1-2H3,(H,16,18). The third-order valence-corrected chi connectivity index (χ3v) is 3.67. The van der Waals surface area contributed by atoms with E-state index in [0.29, 0.717) is 5.56 Å². The Hall–Kier alpha value is -1.64. The predicted molar refractivity (Wildman–Crippen MR) is 70.6 cm³/mol. The van der Waals surface area contributed by atoms with Crippen molar-refractivity contribution in [2.45, 2.75) is 45.6 Å². The van der Waals surface area contributed by atoms with Crippen LogP contribution >= 0.6 is 0 Å². The molecular weight excluding hydrogens is 226 g/mol. The van der Waals surface area contributed by atoms with Crippen LogP contribution in [0.2, 0.25) is 0 Å². The number of aryl methyl sites for hydroxylation is 2. The average Bonchev–Trinajstić information content (AvgIpc) is 2.84. The van der Waals surface area contributed by atoms with Gasteiger partial charge < -0.3 is 5.32 Å². The van der Waals surface area contributed by atoms with Gasteiger partial charge >= 0.3 is 0 Å². The Bertz CT molecular complexity index is 473. The summed E-state index contributed by atoms with van der Waals surface area (Å²) < 4.78 is 0. The summed E-state index contributed by atoms with van der Waals surface area (Å²) in [6, 6.07) is 5.57. The summed E-state index contributed by atoms with van der Waals surface area (Å²) >= 11 is 0. The molecule has 0 spiro atoms. The Morgan fingerprint density at radius 3 is 2.39 bits per heavy atom. The van der Waals surface area contributed by atoms with Gasteiger partial charge in [-0.2, -0.15) is 0 Å². The second-order valence-electron chi connectivity index (χ2n) is 5.08. The van der Waals surface area contributed by atoms with Gasteiger partial charge in [-0.1, -0.05) is 25.0 Å². The van der Waals surface area contributed by atoms with E-state index in [4.69, 9.17) is 0 Å². The molecule has 2 rings (SSSR count). The van der Waals surface area contributed by atoms with Crippen molar-refractivity contribution in [3.05, 3.63) is 34.9 Å². The maximum Gasteiger partial charge on any atom is 0.292 e. The minimum absolute atomic E-state index is 0.188. The third kappa shape index (κ3) is 2.78. The van der Waals surface area contributed by atoms with Crippen LogP contribution in [0.25, 0.3) is 0 Å². The Balaban J connectivity index is 2.05. The first-order valence-corrected chi connectivity index (χ1v) is 6.50. The van der Waals surface area contributed by atoms with Crippen LogP contribution < -0.4 is 5.32 Å². The van der Waals surface area contributed by atoms with Gasteiger partial charge in [-0.3, -0.25) is 9.59 Å². The highest BCUT2D eigenvalue weighted by Gasteiger charge is 2.22. The molecule has 0 saturated heterocycles. The molecule has 1 N–H and O–H groups in total. The molecule has 1 fully saturated rings. The van der Waals surface area contributed by atoms with Crippen molar-refractivity contribution in [2.75, 3.05) is 0 Å². The highest BCUT2D eigenvalue weighted by molar-refractivity contribution is 6.42. The molecule has 0 aromatic heterocycles. The monoisotopic (exact) mass is 245 g/mol. The minimum atomic E-state index is -0.467. The molecule has 0 heterocycles. The van der Waals surface area contributed by atoms with Gasteiger partial charge in [-0.15, -0.1) is 0 Å². The van der Waals surface area contributed by atoms with E-state index in [1.165, 1.54) is 0 Å². The Morgan fingerprint density at radius 2 is 1.78 bits per heavy atom. The average molecular weight is 245 g/mol. The summed E-state index contributed by atoms with van der Waals surface area (Å²) in [4.78, 5) is 23.8. The number of carbonyl (C=O) groups excluding carboxylic acids is 2. The van der Waals surface area contributed by atoms with E-state index in [9.17, 15) is 9.59 Å². The highest BCUT2D eigenvalue weighted by Crippen LogP contribution is 2.18. The van der Waals surface area contributed by atoms with Crippen molar-refractivity contribution in [1.82, 2.24) is 5.32 Å². The van der Waals surface area contributed by atoms with Gasteiger partial charge in [0.05, 0.1) is 0 Å². The van der Waals surface area contributed by atoms with Gasteiger partial charge in [0.1, 0.15) is 0 Å². The van der Waals surface area contributed by atoms with Crippen molar-refractivity contribution in [3.63, 3.8) is 0 Å². The van der Waals surface area contributed by atoms with Crippen LogP contribution in [0, 0.1) is 13.8 Å². The van der Waals surface area contributed by atoms with Crippen molar-refractivity contribution in [2.24, 2.45) is 0 Å². The maximum absolute atomic E-state index is 12.0. The van der Waals surface area contributed by atoms with Gasteiger partial charge in [0.2, 0.25) is 5.78 Å². The number of hydrogen-bond acceptors (Lipinski definition) is 2. The number of rotatable bonds is 3. The van der Waals surface area contributed by atoms with E-state index in [-0.39, 0.29) is 6.04 Å². The summed E-state index contributed by atoms with van der Waals surface area (Å²) in [6.07, 6.45) is 4.27. The van der Waals surface area contributed by atoms with Gasteiger partial charge in [-0.05, 0) is 43.9 Å². The Labute approximate surface area is 108 Å². The number of amides is 1. The molecule has 1 amide bonds. The fourth-order valence-corrected chi connectivity index (χ4v) is 2.33. The first kappa shape index (κ1) is 12.8. The zero-order valence-corrected chi connectivity index (χ0v) is 11.0. The van der Waals surface area contributed by atoms with Crippen molar-refractivity contribution in [3.8, 4) is 0 Å². The number of carbonyl (C=O) groups is 2. The number of nitrogens with one attached hydrogen (secondary N) is 1. The first-order chi connectivity index (χ1) is 8.58. The van der Waals surface area contributed by atoms with Gasteiger partial charge in [0, 0.05) is 11.6 Å². The van der Waals surface area contributed by atoms with Crippen molar-refractivity contribution >= 4 is 11.7 Å². The minimum Gasteiger partial charge on any atom is -0.346 e. The van der Waals surface area contributed by atoms with Crippen LogP contribution in [0.1, 0.15) is 47.2 Å². The second kappa shape index (κ2) is 5.34. The van der Waals surface area contributed by atoms with Crippen LogP contribution in [-0.2, 0) is 4.79 Å². The lowest BCUT2D eigenvalue weighted by Crippen LogP contribution is -2.37. The molecule has 1 aromatic carbocycles. The molecule has 3 nitrogen and oxygen atoms in total. The van der Waals surface area contributed by atoms with E-state index in [1.54, 1.807) is 12.1 Å². The molecule has 1 saturated carbocycles. The van der Waals surface area contributed by atoms with Gasteiger partial charge in [0.15, 0.2) is 0 Å². The summed E-state index contributed by atoms with van der Waals surface area (Å²) in [5.74, 6) is -0.893. The van der Waals surface area contributed by atoms with Gasteiger partial charge in [0.25, 0.3) is 5.91 Å². The normalized spacial score (nSPS) is 15.7. The lowest BCUT2D eigenvalue weighted by atomic mass is 10.0. The lowest BCUT2D eigenvalue weighted by molar-refractivity contribution is -0.117. The molecular formula is C15H19NO2. The second-order valence-corrected chi connectivity index (χ2v) is 5.08. The zero-order valence-electron chi connectivity index (χ0n) is 11.0. The summed E-state index contributed by atoms with van der Waals surface area (Å²) in [7, 11) is 0. The number of ketones is 1. The molecule has 0 bridgehead atoms. The van der Waals surface area contributed by atoms with E-state index in [0.717, 1.165) is 36.8 Å². The lowest BCUT2D eigenvalue weighted by Gasteiger charge is -2.11. The zero-order chi connectivity index (χ0) is 13.1. The molecule has 3 heteroatoms. The molecule has 1 aliphatic rings. The molecule has 18 heavy (non-hydrogen) atoms. The highest BCUT2D eigenvalue weighted by atomic mass is 16.2. The van der Waals surface area contributed by atoms with Crippen LogP contribution in [0.5, 0.6) is 0 Å². The van der Waals surface area contributed by atoms with Crippen LogP contribution in [-0.4, -0.2) is 17.7 Å². The van der Waals surface area contributed by atoms with E-state index >= 15 is 0 Å². The van der Waals surface area contributed by atoms with Crippen LogP contribution in [0.15, 0.2) is 18.2 Å². The van der Waals surface area contributed by atoms with Crippen LogP contribution in [0.3, 0.4) is 0 Å². The Morgan fingerprint density at radius 1 is 1.11 bits per heavy atom. The predicted octanol–water partition coefficient (Wildman–Crippen LogP) is 2.54. The molecule has 1 aromatic rings. The number of hydrogen-bond donors (Lipinski definition) is 1. The Kier molecular flexibility index (Phi) is 3.80. The maximum atomic E-state index is 12.0. The molecule has 0 atom stereocenters. The molecule has 0 unspecified atom stereocenters. The fraction of sp³-hybridized carbons (Fsp3) is 0.467. The molecule has 1 aliphatic carbocycles. The summed E-state index contributed by atoms with van der Waals surface area (Å²) in [5.41, 5.74) is 2.64.